The maximum atomic E-state index is 12.3. The average molecular weight is 336 g/mol. The van der Waals surface area contributed by atoms with Gasteiger partial charge in [0.05, 0.1) is 18.2 Å². The summed E-state index contributed by atoms with van der Waals surface area (Å²) in [5.41, 5.74) is 1.28. The number of nitrogens with zero attached hydrogens (tertiary/aromatic N) is 1. The Kier molecular flexibility index (Phi) is 9.29. The van der Waals surface area contributed by atoms with Crippen molar-refractivity contribution in [2.75, 3.05) is 20.2 Å². The Morgan fingerprint density at radius 1 is 1.33 bits per heavy atom. The van der Waals surface area contributed by atoms with Crippen LogP contribution in [0.3, 0.4) is 0 Å². The van der Waals surface area contributed by atoms with Crippen molar-refractivity contribution < 1.29 is 14.3 Å². The van der Waals surface area contributed by atoms with Gasteiger partial charge in [0, 0.05) is 18.8 Å². The van der Waals surface area contributed by atoms with E-state index in [-0.39, 0.29) is 5.91 Å². The van der Waals surface area contributed by atoms with E-state index in [2.05, 4.69) is 25.7 Å². The summed E-state index contributed by atoms with van der Waals surface area (Å²) >= 11 is 0. The fourth-order valence-electron chi connectivity index (χ4n) is 2.09. The van der Waals surface area contributed by atoms with E-state index in [1.807, 2.05) is 27.7 Å². The number of carbonyl (C=O) groups excluding carboxylic acids is 2. The maximum absolute atomic E-state index is 12.3. The number of rotatable bonds is 4. The van der Waals surface area contributed by atoms with Crippen molar-refractivity contribution in [1.29, 1.82) is 0 Å². The number of methoxy groups -OCH3 is 1. The van der Waals surface area contributed by atoms with Crippen molar-refractivity contribution in [2.45, 2.75) is 53.5 Å². The van der Waals surface area contributed by atoms with E-state index in [4.69, 9.17) is 4.74 Å². The minimum Gasteiger partial charge on any atom is -0.465 e. The lowest BCUT2D eigenvalue weighted by Gasteiger charge is -2.38. The Balaban J connectivity index is 0.00000163. The van der Waals surface area contributed by atoms with Crippen molar-refractivity contribution >= 4 is 11.9 Å². The first-order chi connectivity index (χ1) is 11.1. The number of piperazine rings is 1. The van der Waals surface area contributed by atoms with E-state index in [9.17, 15) is 9.59 Å². The number of hydrogen-bond acceptors (Lipinski definition) is 4. The SMILES string of the molecule is C=C(/C=C\C(C(=O)OC)=C(C)C)N1CCNC(C)(C)C1=O.CCC. The summed E-state index contributed by atoms with van der Waals surface area (Å²) in [7, 11) is 1.34. The van der Waals surface area contributed by atoms with Crippen molar-refractivity contribution in [3.8, 4) is 0 Å². The van der Waals surface area contributed by atoms with Crippen LogP contribution in [0, 0.1) is 0 Å². The third kappa shape index (κ3) is 6.32. The van der Waals surface area contributed by atoms with Gasteiger partial charge in [-0.25, -0.2) is 4.79 Å². The fourth-order valence-corrected chi connectivity index (χ4v) is 2.09. The molecule has 1 fully saturated rings. The largest absolute Gasteiger partial charge is 0.465 e. The number of allylic oxidation sites excluding steroid dienone is 2. The molecule has 136 valence electrons. The normalized spacial score (nSPS) is 16.3. The predicted molar refractivity (Wildman–Crippen MR) is 98.4 cm³/mol. The van der Waals surface area contributed by atoms with Gasteiger partial charge in [0.1, 0.15) is 0 Å². The molecule has 5 nitrogen and oxygen atoms in total. The van der Waals surface area contributed by atoms with Crippen LogP contribution in [0.25, 0.3) is 0 Å². The van der Waals surface area contributed by atoms with Gasteiger partial charge in [-0.15, -0.1) is 0 Å². The fraction of sp³-hybridized carbons (Fsp3) is 0.579. The highest BCUT2D eigenvalue weighted by Crippen LogP contribution is 2.18. The average Bonchev–Trinajstić information content (AvgIpc) is 2.50. The lowest BCUT2D eigenvalue weighted by atomic mass is 10.00. The molecule has 0 aromatic heterocycles. The van der Waals surface area contributed by atoms with E-state index in [0.29, 0.717) is 24.4 Å². The maximum Gasteiger partial charge on any atom is 0.337 e. The van der Waals surface area contributed by atoms with Crippen LogP contribution in [0.5, 0.6) is 0 Å². The molecule has 0 atom stereocenters. The molecule has 0 radical (unpaired) electrons. The van der Waals surface area contributed by atoms with Crippen molar-refractivity contribution in [3.05, 3.63) is 35.6 Å². The molecule has 0 aromatic carbocycles. The van der Waals surface area contributed by atoms with Crippen LogP contribution in [0.1, 0.15) is 48.0 Å². The molecule has 1 aliphatic heterocycles. The van der Waals surface area contributed by atoms with Crippen LogP contribution in [0.4, 0.5) is 0 Å². The van der Waals surface area contributed by atoms with E-state index < -0.39 is 11.5 Å². The highest BCUT2D eigenvalue weighted by Gasteiger charge is 2.35. The van der Waals surface area contributed by atoms with Gasteiger partial charge in [-0.2, -0.15) is 0 Å². The zero-order valence-electron chi connectivity index (χ0n) is 16.2. The molecule has 0 aliphatic carbocycles. The van der Waals surface area contributed by atoms with Crippen LogP contribution in [-0.2, 0) is 14.3 Å². The highest BCUT2D eigenvalue weighted by atomic mass is 16.5. The number of nitrogens with one attached hydrogen (secondary N) is 1. The third-order valence-electron chi connectivity index (χ3n) is 3.42. The second kappa shape index (κ2) is 10.1. The summed E-state index contributed by atoms with van der Waals surface area (Å²) in [5, 5.41) is 3.16. The Morgan fingerprint density at radius 2 is 1.88 bits per heavy atom. The highest BCUT2D eigenvalue weighted by molar-refractivity contribution is 5.92. The summed E-state index contributed by atoms with van der Waals surface area (Å²) in [6.07, 6.45) is 4.57. The molecule has 5 heteroatoms. The van der Waals surface area contributed by atoms with Gasteiger partial charge in [0.2, 0.25) is 5.91 Å². The predicted octanol–water partition coefficient (Wildman–Crippen LogP) is 3.19. The van der Waals surface area contributed by atoms with Crippen LogP contribution in [0.2, 0.25) is 0 Å². The number of hydrogen-bond donors (Lipinski definition) is 1. The summed E-state index contributed by atoms with van der Waals surface area (Å²) in [4.78, 5) is 25.6. The molecule has 1 heterocycles. The molecule has 0 spiro atoms. The zero-order valence-corrected chi connectivity index (χ0v) is 16.2. The quantitative estimate of drug-likeness (QED) is 0.487. The second-order valence-electron chi connectivity index (χ2n) is 6.45. The monoisotopic (exact) mass is 336 g/mol. The molecule has 1 saturated heterocycles. The van der Waals surface area contributed by atoms with Crippen LogP contribution >= 0.6 is 0 Å². The van der Waals surface area contributed by atoms with Gasteiger partial charge in [-0.1, -0.05) is 32.4 Å². The number of ether oxygens (including phenoxy) is 1. The zero-order chi connectivity index (χ0) is 18.9. The third-order valence-corrected chi connectivity index (χ3v) is 3.42. The number of amides is 1. The van der Waals surface area contributed by atoms with E-state index >= 15 is 0 Å². The van der Waals surface area contributed by atoms with Crippen molar-refractivity contribution in [3.63, 3.8) is 0 Å². The number of carbonyl (C=O) groups is 2. The van der Waals surface area contributed by atoms with Gasteiger partial charge in [0.25, 0.3) is 0 Å². The van der Waals surface area contributed by atoms with Gasteiger partial charge in [-0.05, 0) is 39.8 Å². The minimum absolute atomic E-state index is 0.0276. The van der Waals surface area contributed by atoms with Crippen LogP contribution < -0.4 is 5.32 Å². The Hall–Kier alpha value is -1.88. The molecule has 24 heavy (non-hydrogen) atoms. The summed E-state index contributed by atoms with van der Waals surface area (Å²) in [6.45, 7) is 16.8. The molecule has 1 aliphatic rings. The molecule has 0 aromatic rings. The Labute approximate surface area is 146 Å². The van der Waals surface area contributed by atoms with Crippen LogP contribution in [-0.4, -0.2) is 42.5 Å². The molecule has 1 amide bonds. The van der Waals surface area contributed by atoms with Gasteiger partial charge < -0.3 is 15.0 Å². The Bertz CT molecular complexity index is 527. The first-order valence-corrected chi connectivity index (χ1v) is 8.32. The molecular formula is C19H32N2O3. The number of esters is 1. The van der Waals surface area contributed by atoms with E-state index in [0.717, 1.165) is 5.57 Å². The molecule has 0 bridgehead atoms. The topological polar surface area (TPSA) is 58.6 Å². The summed E-state index contributed by atoms with van der Waals surface area (Å²) in [6, 6.07) is 0. The van der Waals surface area contributed by atoms with Crippen molar-refractivity contribution in [2.24, 2.45) is 0 Å². The summed E-state index contributed by atoms with van der Waals surface area (Å²) < 4.78 is 4.74. The lowest BCUT2D eigenvalue weighted by molar-refractivity contribution is -0.137. The molecule has 1 rings (SSSR count). The van der Waals surface area contributed by atoms with E-state index in [1.165, 1.54) is 13.5 Å². The van der Waals surface area contributed by atoms with Gasteiger partial charge in [-0.3, -0.25) is 4.79 Å². The molecule has 1 N–H and O–H groups in total. The molecule has 0 unspecified atom stereocenters. The van der Waals surface area contributed by atoms with Gasteiger partial charge in [0.15, 0.2) is 0 Å². The van der Waals surface area contributed by atoms with Crippen molar-refractivity contribution in [1.82, 2.24) is 10.2 Å². The summed E-state index contributed by atoms with van der Waals surface area (Å²) in [5.74, 6) is -0.425. The van der Waals surface area contributed by atoms with Crippen LogP contribution in [0.15, 0.2) is 35.6 Å². The smallest absolute Gasteiger partial charge is 0.337 e. The minimum atomic E-state index is -0.600. The lowest BCUT2D eigenvalue weighted by Crippen LogP contribution is -2.60. The second-order valence-corrected chi connectivity index (χ2v) is 6.45. The standard InChI is InChI=1S/C16H24N2O3.C3H8/c1-11(2)13(14(19)21-6)8-7-12(3)18-10-9-17-16(4,5)15(18)20;1-3-2/h7-8,17H,3,9-10H2,1-2,4-6H3;3H2,1-2H3/b8-7-;. The Morgan fingerprint density at radius 3 is 2.33 bits per heavy atom. The molecule has 0 saturated carbocycles. The van der Waals surface area contributed by atoms with Gasteiger partial charge >= 0.3 is 5.97 Å². The first kappa shape index (κ1) is 22.1. The first-order valence-electron chi connectivity index (χ1n) is 8.32. The molecular weight excluding hydrogens is 304 g/mol. The van der Waals surface area contributed by atoms with E-state index in [1.54, 1.807) is 17.1 Å².